The quantitative estimate of drug-likeness (QED) is 0.596. The Morgan fingerprint density at radius 2 is 1.93 bits per heavy atom. The van der Waals surface area contributed by atoms with Gasteiger partial charge < -0.3 is 10.2 Å². The normalized spacial score (nSPS) is 13.2. The Morgan fingerprint density at radius 3 is 2.70 bits per heavy atom. The Morgan fingerprint density at radius 1 is 1.15 bits per heavy atom. The lowest BCUT2D eigenvalue weighted by Gasteiger charge is -2.28. The summed E-state index contributed by atoms with van der Waals surface area (Å²) in [5, 5.41) is 3.62. The minimum absolute atomic E-state index is 0.130. The summed E-state index contributed by atoms with van der Waals surface area (Å²) in [6.45, 7) is 1.10. The molecule has 0 atom stereocenters. The SMILES string of the molecule is O=C(Nc1ccccc1Br)N1CCc2nc(-c3ccc(Cl)cc3)ncc2C1. The van der Waals surface area contributed by atoms with Crippen molar-refractivity contribution >= 4 is 39.2 Å². The molecule has 5 nitrogen and oxygen atoms in total. The largest absolute Gasteiger partial charge is 0.322 e. The highest BCUT2D eigenvalue weighted by molar-refractivity contribution is 9.10. The van der Waals surface area contributed by atoms with Gasteiger partial charge in [0.05, 0.1) is 17.9 Å². The maximum absolute atomic E-state index is 12.6. The number of benzene rings is 2. The summed E-state index contributed by atoms with van der Waals surface area (Å²) in [4.78, 5) is 23.5. The number of nitrogens with zero attached hydrogens (tertiary/aromatic N) is 3. The molecule has 0 bridgehead atoms. The van der Waals surface area contributed by atoms with Crippen molar-refractivity contribution in [2.45, 2.75) is 13.0 Å². The van der Waals surface area contributed by atoms with Crippen LogP contribution in [0.1, 0.15) is 11.3 Å². The first-order valence-electron chi connectivity index (χ1n) is 8.51. The van der Waals surface area contributed by atoms with E-state index in [4.69, 9.17) is 11.6 Å². The number of hydrogen-bond acceptors (Lipinski definition) is 3. The number of aromatic nitrogens is 2. The van der Waals surface area contributed by atoms with Gasteiger partial charge in [0, 0.05) is 39.8 Å². The van der Waals surface area contributed by atoms with E-state index in [0.717, 1.165) is 27.0 Å². The molecule has 0 fully saturated rings. The Hall–Kier alpha value is -2.44. The number of fused-ring (bicyclic) bond motifs is 1. The zero-order chi connectivity index (χ0) is 18.8. The first-order chi connectivity index (χ1) is 13.1. The van der Waals surface area contributed by atoms with Gasteiger partial charge in [-0.05, 0) is 52.3 Å². The Labute approximate surface area is 170 Å². The smallest absolute Gasteiger partial charge is 0.320 e. The van der Waals surface area contributed by atoms with E-state index in [2.05, 4.69) is 31.2 Å². The maximum atomic E-state index is 12.6. The van der Waals surface area contributed by atoms with Crippen LogP contribution in [0.5, 0.6) is 0 Å². The van der Waals surface area contributed by atoms with Gasteiger partial charge in [0.1, 0.15) is 0 Å². The van der Waals surface area contributed by atoms with Crippen molar-refractivity contribution in [3.63, 3.8) is 0 Å². The second-order valence-electron chi connectivity index (χ2n) is 6.25. The molecular formula is C20H16BrClN4O. The third kappa shape index (κ3) is 3.96. The number of anilines is 1. The molecule has 0 saturated carbocycles. The van der Waals surface area contributed by atoms with Crippen LogP contribution >= 0.6 is 27.5 Å². The molecular weight excluding hydrogens is 428 g/mol. The molecule has 0 unspecified atom stereocenters. The first kappa shape index (κ1) is 17.9. The summed E-state index contributed by atoms with van der Waals surface area (Å²) in [6, 6.07) is 14.9. The molecule has 2 aromatic carbocycles. The van der Waals surface area contributed by atoms with Crippen molar-refractivity contribution in [2.24, 2.45) is 0 Å². The first-order valence-corrected chi connectivity index (χ1v) is 9.68. The topological polar surface area (TPSA) is 58.1 Å². The minimum Gasteiger partial charge on any atom is -0.320 e. The van der Waals surface area contributed by atoms with E-state index in [0.29, 0.717) is 30.4 Å². The van der Waals surface area contributed by atoms with E-state index in [1.807, 2.05) is 54.7 Å². The summed E-state index contributed by atoms with van der Waals surface area (Å²) in [5.74, 6) is 0.677. The molecule has 1 aromatic heterocycles. The van der Waals surface area contributed by atoms with E-state index in [1.54, 1.807) is 4.90 Å². The predicted molar refractivity (Wildman–Crippen MR) is 110 cm³/mol. The van der Waals surface area contributed by atoms with Crippen LogP contribution in [0.2, 0.25) is 5.02 Å². The van der Waals surface area contributed by atoms with Gasteiger partial charge in [0.2, 0.25) is 0 Å². The Balaban J connectivity index is 1.49. The molecule has 0 radical (unpaired) electrons. The van der Waals surface area contributed by atoms with Crippen LogP contribution in [0.4, 0.5) is 10.5 Å². The second-order valence-corrected chi connectivity index (χ2v) is 7.54. The number of hydrogen-bond donors (Lipinski definition) is 1. The Bertz CT molecular complexity index is 994. The number of amides is 2. The molecule has 1 aliphatic heterocycles. The second kappa shape index (κ2) is 7.66. The molecule has 2 amide bonds. The van der Waals surface area contributed by atoms with Crippen molar-refractivity contribution < 1.29 is 4.79 Å². The summed E-state index contributed by atoms with van der Waals surface area (Å²) in [7, 11) is 0. The van der Waals surface area contributed by atoms with Gasteiger partial charge in [0.15, 0.2) is 5.82 Å². The predicted octanol–water partition coefficient (Wildman–Crippen LogP) is 5.15. The zero-order valence-electron chi connectivity index (χ0n) is 14.3. The fourth-order valence-corrected chi connectivity index (χ4v) is 3.49. The fourth-order valence-electron chi connectivity index (χ4n) is 2.98. The Kier molecular flexibility index (Phi) is 5.09. The maximum Gasteiger partial charge on any atom is 0.322 e. The summed E-state index contributed by atoms with van der Waals surface area (Å²) in [5.41, 5.74) is 3.64. The number of carbonyl (C=O) groups is 1. The minimum atomic E-state index is -0.130. The van der Waals surface area contributed by atoms with Gasteiger partial charge in [-0.2, -0.15) is 0 Å². The molecule has 1 aliphatic rings. The average Bonchev–Trinajstić information content (AvgIpc) is 2.69. The summed E-state index contributed by atoms with van der Waals surface area (Å²) < 4.78 is 0.853. The number of carbonyl (C=O) groups excluding carboxylic acids is 1. The number of nitrogens with one attached hydrogen (secondary N) is 1. The molecule has 3 aromatic rings. The van der Waals surface area contributed by atoms with Crippen molar-refractivity contribution in [2.75, 3.05) is 11.9 Å². The zero-order valence-corrected chi connectivity index (χ0v) is 16.7. The lowest BCUT2D eigenvalue weighted by Crippen LogP contribution is -2.39. The summed E-state index contributed by atoms with van der Waals surface area (Å²) >= 11 is 9.39. The van der Waals surface area contributed by atoms with Crippen LogP contribution in [-0.2, 0) is 13.0 Å². The molecule has 136 valence electrons. The van der Waals surface area contributed by atoms with E-state index < -0.39 is 0 Å². The standard InChI is InChI=1S/C20H16BrClN4O/c21-16-3-1-2-4-18(16)25-20(27)26-10-9-17-14(12-26)11-23-19(24-17)13-5-7-15(22)8-6-13/h1-8,11H,9-10,12H2,(H,25,27). The van der Waals surface area contributed by atoms with Crippen LogP contribution < -0.4 is 5.32 Å². The van der Waals surface area contributed by atoms with Gasteiger partial charge >= 0.3 is 6.03 Å². The number of halogens is 2. The van der Waals surface area contributed by atoms with Crippen LogP contribution in [0, 0.1) is 0 Å². The van der Waals surface area contributed by atoms with E-state index in [-0.39, 0.29) is 6.03 Å². The average molecular weight is 444 g/mol. The molecule has 0 spiro atoms. The number of rotatable bonds is 2. The van der Waals surface area contributed by atoms with Crippen LogP contribution in [-0.4, -0.2) is 27.4 Å². The van der Waals surface area contributed by atoms with E-state index in [9.17, 15) is 4.79 Å². The third-order valence-electron chi connectivity index (χ3n) is 4.44. The summed E-state index contributed by atoms with van der Waals surface area (Å²) in [6.07, 6.45) is 2.51. The molecule has 7 heteroatoms. The van der Waals surface area contributed by atoms with Crippen molar-refractivity contribution in [3.05, 3.63) is 75.5 Å². The van der Waals surface area contributed by atoms with E-state index >= 15 is 0 Å². The van der Waals surface area contributed by atoms with Crippen LogP contribution in [0.25, 0.3) is 11.4 Å². The molecule has 0 aliphatic carbocycles. The molecule has 0 saturated heterocycles. The lowest BCUT2D eigenvalue weighted by molar-refractivity contribution is 0.206. The fraction of sp³-hybridized carbons (Fsp3) is 0.150. The van der Waals surface area contributed by atoms with Crippen LogP contribution in [0.3, 0.4) is 0 Å². The van der Waals surface area contributed by atoms with E-state index in [1.165, 1.54) is 0 Å². The van der Waals surface area contributed by atoms with Crippen LogP contribution in [0.15, 0.2) is 59.2 Å². The van der Waals surface area contributed by atoms with Gasteiger partial charge in [-0.1, -0.05) is 23.7 Å². The van der Waals surface area contributed by atoms with Crippen molar-refractivity contribution in [1.29, 1.82) is 0 Å². The van der Waals surface area contributed by atoms with Gasteiger partial charge in [0.25, 0.3) is 0 Å². The lowest BCUT2D eigenvalue weighted by atomic mass is 10.1. The van der Waals surface area contributed by atoms with Crippen molar-refractivity contribution in [3.8, 4) is 11.4 Å². The van der Waals surface area contributed by atoms with Gasteiger partial charge in [-0.3, -0.25) is 0 Å². The van der Waals surface area contributed by atoms with Gasteiger partial charge in [-0.25, -0.2) is 14.8 Å². The molecule has 4 rings (SSSR count). The highest BCUT2D eigenvalue weighted by Gasteiger charge is 2.23. The highest BCUT2D eigenvalue weighted by Crippen LogP contribution is 2.24. The number of para-hydroxylation sites is 1. The molecule has 27 heavy (non-hydrogen) atoms. The monoisotopic (exact) mass is 442 g/mol. The van der Waals surface area contributed by atoms with Gasteiger partial charge in [-0.15, -0.1) is 0 Å². The molecule has 1 N–H and O–H groups in total. The molecule has 2 heterocycles. The highest BCUT2D eigenvalue weighted by atomic mass is 79.9. The van der Waals surface area contributed by atoms with Crippen molar-refractivity contribution in [1.82, 2.24) is 14.9 Å². The third-order valence-corrected chi connectivity index (χ3v) is 5.38. The number of urea groups is 1.